The van der Waals surface area contributed by atoms with E-state index in [1.165, 1.54) is 5.56 Å². The summed E-state index contributed by atoms with van der Waals surface area (Å²) in [5.41, 5.74) is 1.18. The molecule has 0 aliphatic heterocycles. The smallest absolute Gasteiger partial charge is 0.174 e. The lowest BCUT2D eigenvalue weighted by molar-refractivity contribution is 0.352. The van der Waals surface area contributed by atoms with Crippen molar-refractivity contribution in [1.82, 2.24) is 5.32 Å². The summed E-state index contributed by atoms with van der Waals surface area (Å²) in [6, 6.07) is 4.57. The third-order valence-corrected chi connectivity index (χ3v) is 3.35. The molecule has 0 saturated carbocycles. The third kappa shape index (κ3) is 3.89. The zero-order chi connectivity index (χ0) is 12.8. The first-order chi connectivity index (χ1) is 8.12. The highest BCUT2D eigenvalue weighted by Crippen LogP contribution is 2.36. The van der Waals surface area contributed by atoms with Crippen molar-refractivity contribution in [1.29, 1.82) is 0 Å². The maximum Gasteiger partial charge on any atom is 0.174 e. The molecule has 0 aliphatic carbocycles. The van der Waals surface area contributed by atoms with Crippen LogP contribution in [-0.2, 0) is 6.54 Å². The fourth-order valence-corrected chi connectivity index (χ4v) is 2.16. The van der Waals surface area contributed by atoms with Crippen LogP contribution in [0, 0.1) is 0 Å². The Morgan fingerprint density at radius 2 is 2.00 bits per heavy atom. The molecule has 96 valence electrons. The van der Waals surface area contributed by atoms with E-state index in [0.29, 0.717) is 6.04 Å². The Morgan fingerprint density at radius 1 is 1.29 bits per heavy atom. The van der Waals surface area contributed by atoms with Gasteiger partial charge in [-0.05, 0) is 47.0 Å². The number of methoxy groups -OCH3 is 2. The zero-order valence-electron chi connectivity index (χ0n) is 10.8. The molecule has 0 fully saturated rings. The summed E-state index contributed by atoms with van der Waals surface area (Å²) in [6.45, 7) is 5.17. The first-order valence-electron chi connectivity index (χ1n) is 5.76. The second-order valence-electron chi connectivity index (χ2n) is 4.00. The summed E-state index contributed by atoms with van der Waals surface area (Å²) in [5.74, 6) is 1.49. The molecule has 1 aromatic carbocycles. The average molecular weight is 302 g/mol. The molecule has 0 aromatic heterocycles. The van der Waals surface area contributed by atoms with Crippen LogP contribution in [0.1, 0.15) is 25.8 Å². The fourth-order valence-electron chi connectivity index (χ4n) is 1.51. The van der Waals surface area contributed by atoms with Crippen LogP contribution in [0.3, 0.4) is 0 Å². The lowest BCUT2D eigenvalue weighted by Crippen LogP contribution is -2.24. The minimum Gasteiger partial charge on any atom is -0.493 e. The van der Waals surface area contributed by atoms with Crippen molar-refractivity contribution in [2.24, 2.45) is 0 Å². The van der Waals surface area contributed by atoms with Gasteiger partial charge in [-0.25, -0.2) is 0 Å². The number of benzene rings is 1. The molecule has 1 atom stereocenters. The maximum absolute atomic E-state index is 5.31. The molecule has 4 heteroatoms. The fraction of sp³-hybridized carbons (Fsp3) is 0.538. The van der Waals surface area contributed by atoms with Gasteiger partial charge in [-0.2, -0.15) is 0 Å². The molecule has 1 aromatic rings. The van der Waals surface area contributed by atoms with Crippen molar-refractivity contribution in [3.05, 3.63) is 22.2 Å². The van der Waals surface area contributed by atoms with E-state index in [-0.39, 0.29) is 0 Å². The lowest BCUT2D eigenvalue weighted by Gasteiger charge is -2.14. The molecule has 0 unspecified atom stereocenters. The van der Waals surface area contributed by atoms with Gasteiger partial charge in [0.1, 0.15) is 0 Å². The summed E-state index contributed by atoms with van der Waals surface area (Å²) < 4.78 is 11.5. The summed E-state index contributed by atoms with van der Waals surface area (Å²) >= 11 is 3.49. The minimum atomic E-state index is 0.516. The highest BCUT2D eigenvalue weighted by molar-refractivity contribution is 9.10. The van der Waals surface area contributed by atoms with Crippen LogP contribution >= 0.6 is 15.9 Å². The van der Waals surface area contributed by atoms with Gasteiger partial charge in [0.15, 0.2) is 11.5 Å². The molecular weight excluding hydrogens is 282 g/mol. The average Bonchev–Trinajstić information content (AvgIpc) is 2.34. The molecule has 0 saturated heterocycles. The largest absolute Gasteiger partial charge is 0.493 e. The second kappa shape index (κ2) is 6.87. The van der Waals surface area contributed by atoms with E-state index in [2.05, 4.69) is 41.2 Å². The van der Waals surface area contributed by atoms with Crippen LogP contribution in [-0.4, -0.2) is 20.3 Å². The van der Waals surface area contributed by atoms with Gasteiger partial charge < -0.3 is 14.8 Å². The van der Waals surface area contributed by atoms with Crippen LogP contribution in [0.2, 0.25) is 0 Å². The standard InChI is InChI=1S/C13H20BrNO2/c1-5-9(2)15-8-10-6-11(14)13(17-4)12(7-10)16-3/h6-7,9,15H,5,8H2,1-4H3/t9-/m1/s1. The Balaban J connectivity index is 2.84. The van der Waals surface area contributed by atoms with E-state index in [9.17, 15) is 0 Å². The molecule has 3 nitrogen and oxygen atoms in total. The number of rotatable bonds is 6. The van der Waals surface area contributed by atoms with Gasteiger partial charge in [0, 0.05) is 12.6 Å². The van der Waals surface area contributed by atoms with Gasteiger partial charge in [0.25, 0.3) is 0 Å². The van der Waals surface area contributed by atoms with Crippen molar-refractivity contribution in [3.63, 3.8) is 0 Å². The second-order valence-corrected chi connectivity index (χ2v) is 4.86. The Morgan fingerprint density at radius 3 is 2.53 bits per heavy atom. The van der Waals surface area contributed by atoms with Gasteiger partial charge in [-0.15, -0.1) is 0 Å². The van der Waals surface area contributed by atoms with E-state index in [1.54, 1.807) is 14.2 Å². The van der Waals surface area contributed by atoms with Crippen LogP contribution in [0.25, 0.3) is 0 Å². The highest BCUT2D eigenvalue weighted by atomic mass is 79.9. The van der Waals surface area contributed by atoms with Crippen molar-refractivity contribution in [2.45, 2.75) is 32.9 Å². The van der Waals surface area contributed by atoms with Crippen molar-refractivity contribution in [2.75, 3.05) is 14.2 Å². The van der Waals surface area contributed by atoms with Gasteiger partial charge in [0.2, 0.25) is 0 Å². The molecule has 0 bridgehead atoms. The van der Waals surface area contributed by atoms with Crippen LogP contribution in [0.5, 0.6) is 11.5 Å². The number of hydrogen-bond donors (Lipinski definition) is 1. The summed E-state index contributed by atoms with van der Waals surface area (Å²) in [5, 5.41) is 3.45. The maximum atomic E-state index is 5.31. The number of nitrogens with one attached hydrogen (secondary N) is 1. The molecular formula is C13H20BrNO2. The Bertz CT molecular complexity index is 369. The van der Waals surface area contributed by atoms with E-state index in [1.807, 2.05) is 6.07 Å². The monoisotopic (exact) mass is 301 g/mol. The van der Waals surface area contributed by atoms with Crippen LogP contribution in [0.15, 0.2) is 16.6 Å². The molecule has 0 spiro atoms. The predicted octanol–water partition coefficient (Wildman–Crippen LogP) is 3.35. The summed E-state index contributed by atoms with van der Waals surface area (Å²) in [7, 11) is 3.29. The van der Waals surface area contributed by atoms with Gasteiger partial charge >= 0.3 is 0 Å². The molecule has 0 amide bonds. The van der Waals surface area contributed by atoms with Crippen LogP contribution < -0.4 is 14.8 Å². The highest BCUT2D eigenvalue weighted by Gasteiger charge is 2.10. The Kier molecular flexibility index (Phi) is 5.78. The lowest BCUT2D eigenvalue weighted by atomic mass is 10.1. The first kappa shape index (κ1) is 14.3. The molecule has 1 rings (SSSR count). The van der Waals surface area contributed by atoms with E-state index >= 15 is 0 Å². The quantitative estimate of drug-likeness (QED) is 0.874. The van der Waals surface area contributed by atoms with E-state index in [0.717, 1.165) is 28.9 Å². The number of ether oxygens (including phenoxy) is 2. The van der Waals surface area contributed by atoms with E-state index < -0.39 is 0 Å². The van der Waals surface area contributed by atoms with Crippen molar-refractivity contribution >= 4 is 15.9 Å². The molecule has 0 radical (unpaired) electrons. The molecule has 0 aliphatic rings. The molecule has 17 heavy (non-hydrogen) atoms. The number of halogens is 1. The van der Waals surface area contributed by atoms with E-state index in [4.69, 9.17) is 9.47 Å². The Labute approximate surface area is 112 Å². The summed E-state index contributed by atoms with van der Waals surface area (Å²) in [6.07, 6.45) is 1.12. The first-order valence-corrected chi connectivity index (χ1v) is 6.55. The SMILES string of the molecule is CC[C@@H](C)NCc1cc(Br)c(OC)c(OC)c1. The van der Waals surface area contributed by atoms with Gasteiger partial charge in [0.05, 0.1) is 18.7 Å². The predicted molar refractivity (Wildman–Crippen MR) is 73.8 cm³/mol. The van der Waals surface area contributed by atoms with Gasteiger partial charge in [-0.3, -0.25) is 0 Å². The zero-order valence-corrected chi connectivity index (χ0v) is 12.4. The van der Waals surface area contributed by atoms with Crippen molar-refractivity contribution < 1.29 is 9.47 Å². The minimum absolute atomic E-state index is 0.516. The van der Waals surface area contributed by atoms with Crippen molar-refractivity contribution in [3.8, 4) is 11.5 Å². The normalized spacial score (nSPS) is 12.3. The van der Waals surface area contributed by atoms with Crippen LogP contribution in [0.4, 0.5) is 0 Å². The molecule has 1 N–H and O–H groups in total. The Hall–Kier alpha value is -0.740. The third-order valence-electron chi connectivity index (χ3n) is 2.76. The topological polar surface area (TPSA) is 30.5 Å². The summed E-state index contributed by atoms with van der Waals surface area (Å²) in [4.78, 5) is 0. The van der Waals surface area contributed by atoms with Gasteiger partial charge in [-0.1, -0.05) is 6.92 Å². The molecule has 0 heterocycles. The number of hydrogen-bond acceptors (Lipinski definition) is 3.